The molecule has 10 heteroatoms. The number of hydrogen-bond acceptors (Lipinski definition) is 5. The van der Waals surface area contributed by atoms with E-state index in [1.165, 1.54) is 57.8 Å². The summed E-state index contributed by atoms with van der Waals surface area (Å²) >= 11 is 0. The molecule has 1 aromatic heterocycles. The number of ether oxygens (including phenoxy) is 1. The summed E-state index contributed by atoms with van der Waals surface area (Å²) in [5.41, 5.74) is -2.87. The quantitative estimate of drug-likeness (QED) is 0.115. The van der Waals surface area contributed by atoms with Crippen LogP contribution in [0.4, 0.5) is 13.2 Å². The Kier molecular flexibility index (Phi) is 12.4. The summed E-state index contributed by atoms with van der Waals surface area (Å²) in [7, 11) is -5.86. The summed E-state index contributed by atoms with van der Waals surface area (Å²) in [6, 6.07) is 13.0. The average molecular weight is 581 g/mol. The predicted molar refractivity (Wildman–Crippen MR) is 152 cm³/mol. The lowest BCUT2D eigenvalue weighted by molar-refractivity contribution is -0.0504. The van der Waals surface area contributed by atoms with E-state index >= 15 is 0 Å². The molecule has 220 valence electrons. The van der Waals surface area contributed by atoms with Gasteiger partial charge in [0.1, 0.15) is 12.3 Å². The second-order valence-electron chi connectivity index (χ2n) is 9.97. The number of hydrogen-bond donors (Lipinski definition) is 1. The topological polar surface area (TPSA) is 80.8 Å². The molecule has 2 heterocycles. The number of alkyl halides is 3. The summed E-state index contributed by atoms with van der Waals surface area (Å²) in [4.78, 5) is 7.25. The molecule has 1 aromatic carbocycles. The monoisotopic (exact) mass is 580 g/mol. The second kappa shape index (κ2) is 15.7. The van der Waals surface area contributed by atoms with Crippen LogP contribution in [0, 0.1) is 0 Å². The summed E-state index contributed by atoms with van der Waals surface area (Å²) in [6.07, 6.45) is 17.5. The van der Waals surface area contributed by atoms with E-state index in [9.17, 15) is 21.6 Å². The third kappa shape index (κ3) is 10.5. The first-order chi connectivity index (χ1) is 19.2. The van der Waals surface area contributed by atoms with Gasteiger partial charge in [0.2, 0.25) is 5.90 Å². The van der Waals surface area contributed by atoms with Crippen molar-refractivity contribution >= 4 is 22.1 Å². The fraction of sp³-hybridized carbons (Fsp3) is 0.500. The molecule has 1 N–H and O–H groups in total. The van der Waals surface area contributed by atoms with Gasteiger partial charge in [-0.1, -0.05) is 101 Å². The van der Waals surface area contributed by atoms with Crippen molar-refractivity contribution in [2.75, 3.05) is 0 Å². The maximum absolute atomic E-state index is 12.8. The van der Waals surface area contributed by atoms with E-state index in [0.717, 1.165) is 36.6 Å². The Hall–Kier alpha value is -3.01. The molecule has 0 radical (unpaired) electrons. The lowest BCUT2D eigenvalue weighted by atomic mass is 10.0. The standard InChI is InChI=1S/C30H39F3N2O4S/c1-2-3-4-5-6-7-8-9-10-11-15-18-25-19-20-26(34-25)21-27-28(38-23-24-16-13-12-14-17-24)22-29(35-27)39-40(36,37)30(31,32)33/h12-14,16-17,19-22,34H,2-11,15,18,23H2,1H3/b27-21-. The van der Waals surface area contributed by atoms with Crippen LogP contribution in [0.15, 0.2) is 65.0 Å². The van der Waals surface area contributed by atoms with Crippen molar-refractivity contribution in [1.82, 2.24) is 4.98 Å². The number of nitrogens with one attached hydrogen (secondary N) is 1. The minimum atomic E-state index is -5.86. The number of halogens is 3. The van der Waals surface area contributed by atoms with Gasteiger partial charge < -0.3 is 13.9 Å². The summed E-state index contributed by atoms with van der Waals surface area (Å²) in [6.45, 7) is 2.35. The first-order valence-electron chi connectivity index (χ1n) is 14.1. The number of H-pyrrole nitrogens is 1. The maximum atomic E-state index is 12.8. The van der Waals surface area contributed by atoms with Crippen molar-refractivity contribution in [3.8, 4) is 0 Å². The Morgan fingerprint density at radius 2 is 1.50 bits per heavy atom. The first-order valence-corrected chi connectivity index (χ1v) is 15.5. The SMILES string of the molecule is CCCCCCCCCCCCCc1ccc(/C=C2\N=C(OS(=O)(=O)C(F)(F)F)C=C2OCc2ccccc2)[nH]1. The number of aryl methyl sites for hydroxylation is 1. The van der Waals surface area contributed by atoms with E-state index in [2.05, 4.69) is 21.1 Å². The van der Waals surface area contributed by atoms with Crippen molar-refractivity contribution in [3.05, 3.63) is 76.9 Å². The molecule has 0 aliphatic carbocycles. The number of rotatable bonds is 17. The Balaban J connectivity index is 1.54. The zero-order chi connectivity index (χ0) is 28.8. The van der Waals surface area contributed by atoms with Crippen molar-refractivity contribution in [2.45, 2.75) is 96.1 Å². The van der Waals surface area contributed by atoms with Gasteiger partial charge in [-0.25, -0.2) is 4.99 Å². The Labute approximate surface area is 235 Å². The Morgan fingerprint density at radius 1 is 0.875 bits per heavy atom. The van der Waals surface area contributed by atoms with E-state index in [0.29, 0.717) is 5.69 Å². The molecule has 0 saturated heterocycles. The van der Waals surface area contributed by atoms with E-state index in [-0.39, 0.29) is 18.1 Å². The second-order valence-corrected chi connectivity index (χ2v) is 11.5. The number of aromatic nitrogens is 1. The van der Waals surface area contributed by atoms with Gasteiger partial charge in [0.25, 0.3) is 0 Å². The lowest BCUT2D eigenvalue weighted by Crippen LogP contribution is -2.27. The van der Waals surface area contributed by atoms with E-state index in [1.807, 2.05) is 42.5 Å². The normalized spacial score (nSPS) is 14.8. The molecule has 0 amide bonds. The number of nitrogens with zero attached hydrogens (tertiary/aromatic N) is 1. The molecule has 6 nitrogen and oxygen atoms in total. The van der Waals surface area contributed by atoms with Gasteiger partial charge in [0, 0.05) is 17.5 Å². The van der Waals surface area contributed by atoms with Crippen molar-refractivity contribution in [3.63, 3.8) is 0 Å². The lowest BCUT2D eigenvalue weighted by Gasteiger charge is -2.07. The van der Waals surface area contributed by atoms with Gasteiger partial charge in [-0.15, -0.1) is 0 Å². The van der Waals surface area contributed by atoms with Gasteiger partial charge in [-0.05, 0) is 36.6 Å². The molecule has 0 spiro atoms. The van der Waals surface area contributed by atoms with Crippen LogP contribution < -0.4 is 0 Å². The molecule has 1 aliphatic rings. The fourth-order valence-corrected chi connectivity index (χ4v) is 4.77. The van der Waals surface area contributed by atoms with Crippen LogP contribution in [-0.2, 0) is 32.1 Å². The molecule has 0 unspecified atom stereocenters. The van der Waals surface area contributed by atoms with Gasteiger partial charge in [0.15, 0.2) is 5.76 Å². The van der Waals surface area contributed by atoms with Gasteiger partial charge in [0.05, 0.1) is 0 Å². The molecule has 0 saturated carbocycles. The minimum absolute atomic E-state index is 0.109. The number of benzene rings is 1. The van der Waals surface area contributed by atoms with Crippen molar-refractivity contribution in [1.29, 1.82) is 0 Å². The molecular weight excluding hydrogens is 541 g/mol. The molecule has 0 bridgehead atoms. The van der Waals surface area contributed by atoms with Crippen LogP contribution in [0.25, 0.3) is 6.08 Å². The zero-order valence-electron chi connectivity index (χ0n) is 23.0. The summed E-state index contributed by atoms with van der Waals surface area (Å²) in [5, 5.41) is 0. The third-order valence-corrected chi connectivity index (χ3v) is 7.52. The maximum Gasteiger partial charge on any atom is 0.534 e. The summed E-state index contributed by atoms with van der Waals surface area (Å²) < 4.78 is 71.4. The van der Waals surface area contributed by atoms with Crippen LogP contribution in [0.5, 0.6) is 0 Å². The fourth-order valence-electron chi connectivity index (χ4n) is 4.36. The Morgan fingerprint density at radius 3 is 2.12 bits per heavy atom. The minimum Gasteiger partial charge on any atom is -0.486 e. The number of unbranched alkanes of at least 4 members (excludes halogenated alkanes) is 10. The van der Waals surface area contributed by atoms with E-state index in [4.69, 9.17) is 4.74 Å². The highest BCUT2D eigenvalue weighted by molar-refractivity contribution is 7.88. The highest BCUT2D eigenvalue weighted by atomic mass is 32.2. The van der Waals surface area contributed by atoms with Gasteiger partial charge in [-0.3, -0.25) is 0 Å². The van der Waals surface area contributed by atoms with Crippen molar-refractivity contribution < 1.29 is 30.5 Å². The van der Waals surface area contributed by atoms with Crippen molar-refractivity contribution in [2.24, 2.45) is 4.99 Å². The molecule has 0 fully saturated rings. The molecule has 2 aromatic rings. The average Bonchev–Trinajstić information content (AvgIpc) is 3.52. The van der Waals surface area contributed by atoms with Crippen LogP contribution >= 0.6 is 0 Å². The number of aromatic amines is 1. The Bertz CT molecular complexity index is 1250. The highest BCUT2D eigenvalue weighted by Gasteiger charge is 2.49. The summed E-state index contributed by atoms with van der Waals surface area (Å²) in [5.74, 6) is -0.600. The van der Waals surface area contributed by atoms with Gasteiger partial charge >= 0.3 is 15.6 Å². The first kappa shape index (κ1) is 31.5. The van der Waals surface area contributed by atoms with Gasteiger partial charge in [-0.2, -0.15) is 21.6 Å². The van der Waals surface area contributed by atoms with Crippen LogP contribution in [0.1, 0.15) is 94.5 Å². The third-order valence-electron chi connectivity index (χ3n) is 6.56. The molecular formula is C30H39F3N2O4S. The highest BCUT2D eigenvalue weighted by Crippen LogP contribution is 2.29. The largest absolute Gasteiger partial charge is 0.534 e. The smallest absolute Gasteiger partial charge is 0.486 e. The van der Waals surface area contributed by atoms with Crippen LogP contribution in [-0.4, -0.2) is 24.8 Å². The number of aliphatic imine (C=N–C) groups is 1. The molecule has 0 atom stereocenters. The predicted octanol–water partition coefficient (Wildman–Crippen LogP) is 8.59. The zero-order valence-corrected chi connectivity index (χ0v) is 23.8. The molecule has 3 rings (SSSR count). The van der Waals surface area contributed by atoms with Crippen LogP contribution in [0.3, 0.4) is 0 Å². The molecule has 1 aliphatic heterocycles. The van der Waals surface area contributed by atoms with Crippen LogP contribution in [0.2, 0.25) is 0 Å². The van der Waals surface area contributed by atoms with E-state index < -0.39 is 21.5 Å². The molecule has 40 heavy (non-hydrogen) atoms. The van der Waals surface area contributed by atoms with E-state index in [1.54, 1.807) is 6.08 Å².